The van der Waals surface area contributed by atoms with E-state index in [1.807, 2.05) is 73.7 Å². The third-order valence-electron chi connectivity index (χ3n) is 6.01. The molecule has 6 nitrogen and oxygen atoms in total. The van der Waals surface area contributed by atoms with Crippen molar-refractivity contribution in [1.29, 1.82) is 0 Å². The second kappa shape index (κ2) is 9.89. The van der Waals surface area contributed by atoms with Gasteiger partial charge in [0.15, 0.2) is 11.5 Å². The molecule has 0 saturated heterocycles. The van der Waals surface area contributed by atoms with Crippen LogP contribution in [0, 0.1) is 0 Å². The summed E-state index contributed by atoms with van der Waals surface area (Å²) in [6, 6.07) is 25.7. The van der Waals surface area contributed by atoms with Crippen LogP contribution in [0.15, 0.2) is 78.9 Å². The monoisotopic (exact) mass is 465 g/mol. The first kappa shape index (κ1) is 22.5. The van der Waals surface area contributed by atoms with E-state index in [0.29, 0.717) is 36.0 Å². The molecule has 0 aliphatic carbocycles. The molecule has 0 unspecified atom stereocenters. The SMILES string of the molecule is CCOc1ccc(-c2nc(C(=O)NCCc3ccccc3)cc3c2[nH]c2ccccc23)cc1OC. The molecule has 176 valence electrons. The van der Waals surface area contributed by atoms with Gasteiger partial charge in [-0.1, -0.05) is 48.5 Å². The van der Waals surface area contributed by atoms with E-state index in [9.17, 15) is 4.79 Å². The zero-order valence-corrected chi connectivity index (χ0v) is 19.8. The van der Waals surface area contributed by atoms with Crippen LogP contribution in [-0.4, -0.2) is 36.1 Å². The van der Waals surface area contributed by atoms with Gasteiger partial charge in [0.2, 0.25) is 0 Å². The van der Waals surface area contributed by atoms with Gasteiger partial charge in [-0.15, -0.1) is 0 Å². The molecular formula is C29H27N3O3. The number of nitrogens with zero attached hydrogens (tertiary/aromatic N) is 1. The molecule has 0 saturated carbocycles. The minimum Gasteiger partial charge on any atom is -0.493 e. The highest BCUT2D eigenvalue weighted by molar-refractivity contribution is 6.13. The zero-order chi connectivity index (χ0) is 24.2. The fourth-order valence-corrected chi connectivity index (χ4v) is 4.32. The number of para-hydroxylation sites is 1. The summed E-state index contributed by atoms with van der Waals surface area (Å²) in [6.45, 7) is 3.00. The van der Waals surface area contributed by atoms with Gasteiger partial charge in [-0.25, -0.2) is 4.98 Å². The summed E-state index contributed by atoms with van der Waals surface area (Å²) >= 11 is 0. The van der Waals surface area contributed by atoms with Gasteiger partial charge in [-0.2, -0.15) is 0 Å². The number of carbonyl (C=O) groups is 1. The molecular weight excluding hydrogens is 438 g/mol. The fourth-order valence-electron chi connectivity index (χ4n) is 4.32. The van der Waals surface area contributed by atoms with E-state index >= 15 is 0 Å². The van der Waals surface area contributed by atoms with Crippen molar-refractivity contribution in [2.45, 2.75) is 13.3 Å². The number of H-pyrrole nitrogens is 1. The highest BCUT2D eigenvalue weighted by Gasteiger charge is 2.18. The zero-order valence-electron chi connectivity index (χ0n) is 19.8. The van der Waals surface area contributed by atoms with E-state index in [4.69, 9.17) is 14.5 Å². The summed E-state index contributed by atoms with van der Waals surface area (Å²) in [5, 5.41) is 5.02. The van der Waals surface area contributed by atoms with Gasteiger partial charge in [-0.05, 0) is 49.2 Å². The van der Waals surface area contributed by atoms with E-state index in [2.05, 4.69) is 22.4 Å². The number of carbonyl (C=O) groups excluding carboxylic acids is 1. The second-order valence-electron chi connectivity index (χ2n) is 8.24. The molecule has 35 heavy (non-hydrogen) atoms. The predicted octanol–water partition coefficient (Wildman–Crippen LogP) is 5.76. The Kier molecular flexibility index (Phi) is 6.35. The average molecular weight is 466 g/mol. The van der Waals surface area contributed by atoms with Crippen molar-refractivity contribution in [2.75, 3.05) is 20.3 Å². The lowest BCUT2D eigenvalue weighted by molar-refractivity contribution is 0.0949. The van der Waals surface area contributed by atoms with Gasteiger partial charge >= 0.3 is 0 Å². The molecule has 0 aliphatic heterocycles. The van der Waals surface area contributed by atoms with Crippen molar-refractivity contribution >= 4 is 27.7 Å². The van der Waals surface area contributed by atoms with Gasteiger partial charge in [0, 0.05) is 28.4 Å². The van der Waals surface area contributed by atoms with E-state index in [-0.39, 0.29) is 5.91 Å². The Hall–Kier alpha value is -4.32. The first-order chi connectivity index (χ1) is 17.2. The smallest absolute Gasteiger partial charge is 0.269 e. The van der Waals surface area contributed by atoms with E-state index < -0.39 is 0 Å². The number of nitrogens with one attached hydrogen (secondary N) is 2. The van der Waals surface area contributed by atoms with Crippen LogP contribution in [-0.2, 0) is 6.42 Å². The largest absolute Gasteiger partial charge is 0.493 e. The molecule has 2 heterocycles. The highest BCUT2D eigenvalue weighted by Crippen LogP contribution is 2.36. The number of pyridine rings is 1. The molecule has 1 amide bonds. The number of aromatic amines is 1. The topological polar surface area (TPSA) is 76.2 Å². The van der Waals surface area contributed by atoms with Crippen molar-refractivity contribution < 1.29 is 14.3 Å². The Morgan fingerprint density at radius 2 is 1.74 bits per heavy atom. The highest BCUT2D eigenvalue weighted by atomic mass is 16.5. The predicted molar refractivity (Wildman–Crippen MR) is 139 cm³/mol. The summed E-state index contributed by atoms with van der Waals surface area (Å²) < 4.78 is 11.2. The van der Waals surface area contributed by atoms with Crippen LogP contribution in [0.25, 0.3) is 33.1 Å². The minimum atomic E-state index is -0.202. The molecule has 6 heteroatoms. The Labute approximate surface area is 203 Å². The molecule has 0 bridgehead atoms. The number of methoxy groups -OCH3 is 1. The number of amides is 1. The Morgan fingerprint density at radius 1 is 0.943 bits per heavy atom. The maximum Gasteiger partial charge on any atom is 0.269 e. The quantitative estimate of drug-likeness (QED) is 0.305. The van der Waals surface area contributed by atoms with E-state index in [1.54, 1.807) is 7.11 Å². The van der Waals surface area contributed by atoms with Crippen molar-refractivity contribution in [1.82, 2.24) is 15.3 Å². The first-order valence-corrected chi connectivity index (χ1v) is 11.7. The molecule has 3 aromatic carbocycles. The van der Waals surface area contributed by atoms with E-state index in [1.165, 1.54) is 5.56 Å². The summed E-state index contributed by atoms with van der Waals surface area (Å²) in [5.74, 6) is 1.09. The normalized spacial score (nSPS) is 11.0. The summed E-state index contributed by atoms with van der Waals surface area (Å²) in [6.07, 6.45) is 0.755. The van der Waals surface area contributed by atoms with Gasteiger partial charge < -0.3 is 19.8 Å². The van der Waals surface area contributed by atoms with Crippen LogP contribution < -0.4 is 14.8 Å². The van der Waals surface area contributed by atoms with Gasteiger partial charge in [0.1, 0.15) is 5.69 Å². The average Bonchev–Trinajstić information content (AvgIpc) is 3.28. The molecule has 2 N–H and O–H groups in total. The Balaban J connectivity index is 1.56. The number of hydrogen-bond donors (Lipinski definition) is 2. The lowest BCUT2D eigenvalue weighted by atomic mass is 10.1. The van der Waals surface area contributed by atoms with Crippen LogP contribution in [0.5, 0.6) is 11.5 Å². The van der Waals surface area contributed by atoms with Crippen molar-refractivity contribution in [2.24, 2.45) is 0 Å². The second-order valence-corrected chi connectivity index (χ2v) is 8.24. The standard InChI is InChI=1S/C29H27N3O3/c1-3-35-25-14-13-20(17-26(25)34-2)27-28-22(21-11-7-8-12-23(21)31-28)18-24(32-27)29(33)30-16-15-19-9-5-4-6-10-19/h4-14,17-18,31H,3,15-16H2,1-2H3,(H,30,33). The fraction of sp³-hybridized carbons (Fsp3) is 0.172. The molecule has 0 radical (unpaired) electrons. The third-order valence-corrected chi connectivity index (χ3v) is 6.01. The van der Waals surface area contributed by atoms with E-state index in [0.717, 1.165) is 33.8 Å². The maximum absolute atomic E-state index is 13.2. The van der Waals surface area contributed by atoms with Crippen molar-refractivity contribution in [3.63, 3.8) is 0 Å². The lowest BCUT2D eigenvalue weighted by Gasteiger charge is -2.12. The van der Waals surface area contributed by atoms with Gasteiger partial charge in [0.25, 0.3) is 5.91 Å². The van der Waals surface area contributed by atoms with Crippen LogP contribution in [0.2, 0.25) is 0 Å². The first-order valence-electron chi connectivity index (χ1n) is 11.7. The number of hydrogen-bond acceptors (Lipinski definition) is 4. The van der Waals surface area contributed by atoms with Gasteiger partial charge in [0.05, 0.1) is 24.9 Å². The number of rotatable bonds is 8. The molecule has 5 rings (SSSR count). The third kappa shape index (κ3) is 4.55. The molecule has 0 spiro atoms. The van der Waals surface area contributed by atoms with Crippen LogP contribution in [0.3, 0.4) is 0 Å². The van der Waals surface area contributed by atoms with Gasteiger partial charge in [-0.3, -0.25) is 4.79 Å². The lowest BCUT2D eigenvalue weighted by Crippen LogP contribution is -2.26. The molecule has 2 aromatic heterocycles. The minimum absolute atomic E-state index is 0.202. The van der Waals surface area contributed by atoms with Crippen molar-refractivity contribution in [3.8, 4) is 22.8 Å². The Morgan fingerprint density at radius 3 is 2.54 bits per heavy atom. The summed E-state index contributed by atoms with van der Waals surface area (Å²) in [5.41, 5.74) is 4.94. The molecule has 5 aromatic rings. The number of benzene rings is 3. The summed E-state index contributed by atoms with van der Waals surface area (Å²) in [7, 11) is 1.62. The molecule has 0 atom stereocenters. The number of ether oxygens (including phenoxy) is 2. The summed E-state index contributed by atoms with van der Waals surface area (Å²) in [4.78, 5) is 21.4. The van der Waals surface area contributed by atoms with Crippen LogP contribution >= 0.6 is 0 Å². The van der Waals surface area contributed by atoms with Crippen molar-refractivity contribution in [3.05, 3.63) is 90.1 Å². The Bertz CT molecular complexity index is 1490. The van der Waals surface area contributed by atoms with Crippen LogP contribution in [0.4, 0.5) is 0 Å². The number of fused-ring (bicyclic) bond motifs is 3. The van der Waals surface area contributed by atoms with Crippen LogP contribution in [0.1, 0.15) is 23.0 Å². The molecule has 0 fully saturated rings. The maximum atomic E-state index is 13.2. The number of aromatic nitrogens is 2. The molecule has 0 aliphatic rings.